The topological polar surface area (TPSA) is 38.0 Å². The highest BCUT2D eigenvalue weighted by Crippen LogP contribution is 2.25. The van der Waals surface area contributed by atoms with Crippen molar-refractivity contribution in [2.75, 3.05) is 11.1 Å². The Bertz CT molecular complexity index is 617. The first-order valence-corrected chi connectivity index (χ1v) is 6.19. The van der Waals surface area contributed by atoms with Gasteiger partial charge in [0.1, 0.15) is 5.82 Å². The van der Waals surface area contributed by atoms with Crippen LogP contribution in [0.4, 0.5) is 24.5 Å². The smallest absolute Gasteiger partial charge is 0.183 e. The predicted molar refractivity (Wildman–Crippen MR) is 72.2 cm³/mol. The van der Waals surface area contributed by atoms with E-state index in [-0.39, 0.29) is 17.9 Å². The molecule has 0 bridgehead atoms. The van der Waals surface area contributed by atoms with Crippen LogP contribution in [0.25, 0.3) is 0 Å². The lowest BCUT2D eigenvalue weighted by Gasteiger charge is -2.11. The molecular formula is C13H10BrF3N2. The molecule has 0 fully saturated rings. The van der Waals surface area contributed by atoms with E-state index in [1.165, 1.54) is 12.1 Å². The van der Waals surface area contributed by atoms with E-state index in [0.29, 0.717) is 10.0 Å². The van der Waals surface area contributed by atoms with Crippen molar-refractivity contribution in [2.45, 2.75) is 6.54 Å². The molecule has 19 heavy (non-hydrogen) atoms. The molecule has 100 valence electrons. The van der Waals surface area contributed by atoms with Crippen molar-refractivity contribution in [1.29, 1.82) is 0 Å². The van der Waals surface area contributed by atoms with Gasteiger partial charge in [-0.25, -0.2) is 13.2 Å². The molecule has 2 aromatic carbocycles. The number of nitrogen functional groups attached to an aromatic ring is 1. The molecule has 0 aliphatic carbocycles. The first-order chi connectivity index (χ1) is 8.99. The highest BCUT2D eigenvalue weighted by atomic mass is 79.9. The molecule has 0 heterocycles. The normalized spacial score (nSPS) is 10.5. The van der Waals surface area contributed by atoms with Gasteiger partial charge in [0.05, 0.1) is 11.4 Å². The zero-order chi connectivity index (χ0) is 14.0. The maximum atomic E-state index is 13.5. The van der Waals surface area contributed by atoms with E-state index in [1.807, 2.05) is 0 Å². The molecule has 0 spiro atoms. The summed E-state index contributed by atoms with van der Waals surface area (Å²) in [6.07, 6.45) is 0. The summed E-state index contributed by atoms with van der Waals surface area (Å²) < 4.78 is 40.8. The third kappa shape index (κ3) is 3.01. The second-order valence-corrected chi connectivity index (χ2v) is 4.83. The molecule has 0 atom stereocenters. The molecule has 0 aliphatic heterocycles. The minimum absolute atomic E-state index is 0.00412. The number of rotatable bonds is 3. The van der Waals surface area contributed by atoms with Crippen molar-refractivity contribution < 1.29 is 13.2 Å². The van der Waals surface area contributed by atoms with Gasteiger partial charge in [0.15, 0.2) is 11.6 Å². The van der Waals surface area contributed by atoms with E-state index in [4.69, 9.17) is 5.73 Å². The van der Waals surface area contributed by atoms with Gasteiger partial charge in [0.2, 0.25) is 0 Å². The lowest BCUT2D eigenvalue weighted by atomic mass is 10.2. The first-order valence-electron chi connectivity index (χ1n) is 5.40. The van der Waals surface area contributed by atoms with Gasteiger partial charge < -0.3 is 11.1 Å². The Morgan fingerprint density at radius 3 is 2.47 bits per heavy atom. The second kappa shape index (κ2) is 5.52. The molecule has 2 rings (SSSR count). The summed E-state index contributed by atoms with van der Waals surface area (Å²) in [7, 11) is 0. The molecular weight excluding hydrogens is 321 g/mol. The van der Waals surface area contributed by atoms with Gasteiger partial charge in [0.25, 0.3) is 0 Å². The number of anilines is 2. The largest absolute Gasteiger partial charge is 0.397 e. The lowest BCUT2D eigenvalue weighted by Crippen LogP contribution is -2.07. The van der Waals surface area contributed by atoms with Crippen molar-refractivity contribution in [1.82, 2.24) is 0 Å². The molecule has 6 heteroatoms. The van der Waals surface area contributed by atoms with Gasteiger partial charge in [-0.05, 0) is 30.3 Å². The molecule has 0 radical (unpaired) electrons. The highest BCUT2D eigenvalue weighted by molar-refractivity contribution is 9.10. The number of hydrogen-bond donors (Lipinski definition) is 2. The van der Waals surface area contributed by atoms with Crippen molar-refractivity contribution in [3.05, 3.63) is 57.8 Å². The molecule has 2 nitrogen and oxygen atoms in total. The molecule has 0 saturated heterocycles. The molecule has 0 aliphatic rings. The monoisotopic (exact) mass is 330 g/mol. The maximum Gasteiger partial charge on any atom is 0.183 e. The van der Waals surface area contributed by atoms with Crippen LogP contribution in [0, 0.1) is 17.5 Å². The Kier molecular flexibility index (Phi) is 3.99. The Morgan fingerprint density at radius 2 is 1.74 bits per heavy atom. The summed E-state index contributed by atoms with van der Waals surface area (Å²) in [6.45, 7) is -0.00412. The van der Waals surface area contributed by atoms with Crippen LogP contribution in [0.2, 0.25) is 0 Å². The van der Waals surface area contributed by atoms with E-state index in [1.54, 1.807) is 12.1 Å². The third-order valence-corrected chi connectivity index (χ3v) is 3.08. The highest BCUT2D eigenvalue weighted by Gasteiger charge is 2.12. The fourth-order valence-corrected chi connectivity index (χ4v) is 2.02. The van der Waals surface area contributed by atoms with Crippen molar-refractivity contribution >= 4 is 27.3 Å². The zero-order valence-electron chi connectivity index (χ0n) is 9.68. The average molecular weight is 331 g/mol. The van der Waals surface area contributed by atoms with Crippen molar-refractivity contribution in [2.24, 2.45) is 0 Å². The van der Waals surface area contributed by atoms with Crippen LogP contribution in [0.5, 0.6) is 0 Å². The van der Waals surface area contributed by atoms with Crippen molar-refractivity contribution in [3.8, 4) is 0 Å². The summed E-state index contributed by atoms with van der Waals surface area (Å²) in [5, 5.41) is 2.61. The summed E-state index contributed by atoms with van der Waals surface area (Å²) in [6, 6.07) is 6.58. The Morgan fingerprint density at radius 1 is 1.05 bits per heavy atom. The van der Waals surface area contributed by atoms with Gasteiger partial charge in [-0.1, -0.05) is 15.9 Å². The maximum absolute atomic E-state index is 13.5. The van der Waals surface area contributed by atoms with Gasteiger partial charge in [-0.2, -0.15) is 0 Å². The van der Waals surface area contributed by atoms with E-state index in [0.717, 1.165) is 6.07 Å². The predicted octanol–water partition coefficient (Wildman–Crippen LogP) is 4.06. The minimum Gasteiger partial charge on any atom is -0.397 e. The lowest BCUT2D eigenvalue weighted by molar-refractivity contribution is 0.511. The van der Waals surface area contributed by atoms with Gasteiger partial charge >= 0.3 is 0 Å². The molecule has 3 N–H and O–H groups in total. The summed E-state index contributed by atoms with van der Waals surface area (Å²) in [5.41, 5.74) is 5.76. The standard InChI is InChI=1S/C13H10BrF3N2/c14-8-1-2-9(15)7(5-8)6-19-13-11(18)4-3-10(16)12(13)17/h1-5,19H,6,18H2. The SMILES string of the molecule is Nc1ccc(F)c(F)c1NCc1cc(Br)ccc1F. The fourth-order valence-electron chi connectivity index (χ4n) is 1.61. The van der Waals surface area contributed by atoms with Gasteiger partial charge in [0, 0.05) is 16.6 Å². The van der Waals surface area contributed by atoms with Crippen LogP contribution in [0.1, 0.15) is 5.56 Å². The molecule has 0 saturated carbocycles. The average Bonchev–Trinajstić information content (AvgIpc) is 2.38. The second-order valence-electron chi connectivity index (χ2n) is 3.91. The van der Waals surface area contributed by atoms with Crippen LogP contribution in [-0.2, 0) is 6.54 Å². The summed E-state index contributed by atoms with van der Waals surface area (Å²) >= 11 is 3.21. The molecule has 0 amide bonds. The van der Waals surface area contributed by atoms with Crippen LogP contribution in [-0.4, -0.2) is 0 Å². The van der Waals surface area contributed by atoms with E-state index in [9.17, 15) is 13.2 Å². The quantitative estimate of drug-likeness (QED) is 0.833. The van der Waals surface area contributed by atoms with E-state index < -0.39 is 17.5 Å². The minimum atomic E-state index is -1.07. The number of halogens is 4. The van der Waals surface area contributed by atoms with E-state index >= 15 is 0 Å². The van der Waals surface area contributed by atoms with Crippen LogP contribution < -0.4 is 11.1 Å². The van der Waals surface area contributed by atoms with Crippen LogP contribution in [0.15, 0.2) is 34.8 Å². The molecule has 0 aromatic heterocycles. The molecule has 2 aromatic rings. The molecule has 0 unspecified atom stereocenters. The van der Waals surface area contributed by atoms with Crippen molar-refractivity contribution in [3.63, 3.8) is 0 Å². The third-order valence-electron chi connectivity index (χ3n) is 2.59. The first kappa shape index (κ1) is 13.7. The zero-order valence-corrected chi connectivity index (χ0v) is 11.3. The van der Waals surface area contributed by atoms with Gasteiger partial charge in [-0.15, -0.1) is 0 Å². The number of hydrogen-bond acceptors (Lipinski definition) is 2. The number of nitrogens with one attached hydrogen (secondary N) is 1. The Labute approximate surface area is 116 Å². The van der Waals surface area contributed by atoms with Crippen LogP contribution in [0.3, 0.4) is 0 Å². The van der Waals surface area contributed by atoms with Crippen LogP contribution >= 0.6 is 15.9 Å². The Balaban J connectivity index is 2.24. The van der Waals surface area contributed by atoms with E-state index in [2.05, 4.69) is 21.2 Å². The van der Waals surface area contributed by atoms with Gasteiger partial charge in [-0.3, -0.25) is 0 Å². The summed E-state index contributed by atoms with van der Waals surface area (Å²) in [5.74, 6) is -2.52. The summed E-state index contributed by atoms with van der Waals surface area (Å²) in [4.78, 5) is 0. The fraction of sp³-hybridized carbons (Fsp3) is 0.0769. The number of benzene rings is 2. The Hall–Kier alpha value is -1.69. The number of nitrogens with two attached hydrogens (primary N) is 1.